The molecule has 0 bridgehead atoms. The van der Waals surface area contributed by atoms with E-state index in [-0.39, 0.29) is 5.91 Å². The molecule has 1 amide bonds. The van der Waals surface area contributed by atoms with Gasteiger partial charge in [-0.2, -0.15) is 16.9 Å². The van der Waals surface area contributed by atoms with Gasteiger partial charge in [0.2, 0.25) is 0 Å². The largest absolute Gasteiger partial charge is 0.337 e. The zero-order valence-electron chi connectivity index (χ0n) is 13.9. The number of H-pyrrole nitrogens is 2. The summed E-state index contributed by atoms with van der Waals surface area (Å²) in [6.07, 6.45) is 1.61. The Kier molecular flexibility index (Phi) is 3.63. The summed E-state index contributed by atoms with van der Waals surface area (Å²) in [5.74, 6) is 2.68. The Morgan fingerprint density at radius 3 is 2.88 bits per heavy atom. The predicted octanol–water partition coefficient (Wildman–Crippen LogP) is 2.69. The summed E-state index contributed by atoms with van der Waals surface area (Å²) in [6, 6.07) is 9.71. The van der Waals surface area contributed by atoms with Gasteiger partial charge in [-0.15, -0.1) is 0 Å². The minimum Gasteiger partial charge on any atom is -0.337 e. The Labute approximate surface area is 153 Å². The highest BCUT2D eigenvalue weighted by Gasteiger charge is 2.21. The highest BCUT2D eigenvalue weighted by Crippen LogP contribution is 2.26. The molecule has 0 aliphatic carbocycles. The first-order valence-electron chi connectivity index (χ1n) is 8.46. The molecule has 8 heteroatoms. The van der Waals surface area contributed by atoms with Crippen molar-refractivity contribution < 1.29 is 4.79 Å². The number of nitrogens with one attached hydrogen (secondary N) is 2. The zero-order chi connectivity index (χ0) is 17.5. The molecule has 0 saturated carbocycles. The summed E-state index contributed by atoms with van der Waals surface area (Å²) in [5.41, 5.74) is 3.74. The van der Waals surface area contributed by atoms with Crippen LogP contribution in [0.2, 0.25) is 0 Å². The van der Waals surface area contributed by atoms with Gasteiger partial charge in [-0.05, 0) is 18.2 Å². The van der Waals surface area contributed by atoms with Crippen molar-refractivity contribution in [1.29, 1.82) is 0 Å². The minimum absolute atomic E-state index is 0.0245. The Hall–Kier alpha value is -2.87. The molecule has 1 aromatic carbocycles. The number of hydrogen-bond acceptors (Lipinski definition) is 5. The molecule has 1 aliphatic rings. The second-order valence-electron chi connectivity index (χ2n) is 6.20. The molecule has 5 rings (SSSR count). The molecule has 0 unspecified atom stereocenters. The molecule has 2 N–H and O–H groups in total. The average Bonchev–Trinajstić information content (AvgIpc) is 3.31. The highest BCUT2D eigenvalue weighted by atomic mass is 32.2. The Morgan fingerprint density at radius 1 is 1.19 bits per heavy atom. The van der Waals surface area contributed by atoms with Gasteiger partial charge in [0.05, 0.1) is 22.0 Å². The average molecular weight is 364 g/mol. The third-order valence-corrected chi connectivity index (χ3v) is 5.52. The van der Waals surface area contributed by atoms with Crippen LogP contribution in [0.1, 0.15) is 10.4 Å². The predicted molar refractivity (Wildman–Crippen MR) is 102 cm³/mol. The summed E-state index contributed by atoms with van der Waals surface area (Å²) in [5, 5.41) is 8.05. The second kappa shape index (κ2) is 6.14. The van der Waals surface area contributed by atoms with Crippen molar-refractivity contribution in [2.75, 3.05) is 24.6 Å². The van der Waals surface area contributed by atoms with Gasteiger partial charge in [0.15, 0.2) is 11.5 Å². The fourth-order valence-electron chi connectivity index (χ4n) is 3.22. The van der Waals surface area contributed by atoms with Gasteiger partial charge in [-0.1, -0.05) is 12.1 Å². The first-order chi connectivity index (χ1) is 12.8. The van der Waals surface area contributed by atoms with Crippen molar-refractivity contribution in [2.45, 2.75) is 0 Å². The summed E-state index contributed by atoms with van der Waals surface area (Å²) in [6.45, 7) is 1.56. The lowest BCUT2D eigenvalue weighted by Crippen LogP contribution is -2.37. The minimum atomic E-state index is 0.0245. The van der Waals surface area contributed by atoms with Crippen LogP contribution in [0.4, 0.5) is 0 Å². The quantitative estimate of drug-likeness (QED) is 0.571. The molecule has 0 radical (unpaired) electrons. The van der Waals surface area contributed by atoms with Gasteiger partial charge in [0.1, 0.15) is 5.69 Å². The van der Waals surface area contributed by atoms with Crippen molar-refractivity contribution in [3.05, 3.63) is 42.1 Å². The molecule has 7 nitrogen and oxygen atoms in total. The van der Waals surface area contributed by atoms with E-state index < -0.39 is 0 Å². The van der Waals surface area contributed by atoms with E-state index in [0.717, 1.165) is 46.7 Å². The van der Waals surface area contributed by atoms with E-state index in [4.69, 9.17) is 0 Å². The number of pyridine rings is 1. The van der Waals surface area contributed by atoms with Crippen LogP contribution in [0.25, 0.3) is 33.6 Å². The molecule has 26 heavy (non-hydrogen) atoms. The number of imidazole rings is 1. The van der Waals surface area contributed by atoms with Gasteiger partial charge < -0.3 is 9.88 Å². The van der Waals surface area contributed by atoms with Gasteiger partial charge in [0.25, 0.3) is 5.91 Å². The number of benzene rings is 1. The van der Waals surface area contributed by atoms with Gasteiger partial charge in [-0.3, -0.25) is 9.89 Å². The third kappa shape index (κ3) is 2.53. The standard InChI is InChI=1S/C18H16N6OS/c25-18(24-5-7-26-8-6-24)11-9-12-15(22-23-16(12)19-10-11)17-20-13-3-1-2-4-14(13)21-17/h1-4,9-10H,5-8H2,(H,20,21)(H,19,22,23). The zero-order valence-corrected chi connectivity index (χ0v) is 14.7. The van der Waals surface area contributed by atoms with Crippen molar-refractivity contribution in [3.63, 3.8) is 0 Å². The molecule has 1 aliphatic heterocycles. The lowest BCUT2D eigenvalue weighted by molar-refractivity contribution is 0.0772. The fourth-order valence-corrected chi connectivity index (χ4v) is 4.12. The molecule has 0 spiro atoms. The van der Waals surface area contributed by atoms with Crippen LogP contribution in [0.15, 0.2) is 36.5 Å². The number of hydrogen-bond donors (Lipinski definition) is 2. The van der Waals surface area contributed by atoms with E-state index in [1.165, 1.54) is 0 Å². The summed E-state index contributed by atoms with van der Waals surface area (Å²) in [7, 11) is 0. The Morgan fingerprint density at radius 2 is 2.04 bits per heavy atom. The van der Waals surface area contributed by atoms with Gasteiger partial charge >= 0.3 is 0 Å². The number of nitrogens with zero attached hydrogens (tertiary/aromatic N) is 4. The number of para-hydroxylation sites is 2. The van der Waals surface area contributed by atoms with Crippen molar-refractivity contribution in [2.24, 2.45) is 0 Å². The Bertz CT molecular complexity index is 1080. The summed E-state index contributed by atoms with van der Waals surface area (Å²) in [4.78, 5) is 26.9. The van der Waals surface area contributed by atoms with Crippen LogP contribution < -0.4 is 0 Å². The summed E-state index contributed by atoms with van der Waals surface area (Å²) < 4.78 is 0. The van der Waals surface area contributed by atoms with Crippen molar-refractivity contribution >= 4 is 39.7 Å². The maximum Gasteiger partial charge on any atom is 0.255 e. The Balaban J connectivity index is 1.57. The molecular formula is C18H16N6OS. The number of carbonyl (C=O) groups is 1. The normalized spacial score (nSPS) is 15.0. The number of carbonyl (C=O) groups excluding carboxylic acids is 1. The van der Waals surface area contributed by atoms with E-state index in [1.807, 2.05) is 47.0 Å². The SMILES string of the molecule is O=C(c1cnc2n[nH]c(-c3nc4ccccc4[nH]3)c2c1)N1CCSCC1. The second-order valence-corrected chi connectivity index (χ2v) is 7.43. The smallest absolute Gasteiger partial charge is 0.255 e. The van der Waals surface area contributed by atoms with Crippen molar-refractivity contribution in [3.8, 4) is 11.5 Å². The van der Waals surface area contributed by atoms with Crippen LogP contribution >= 0.6 is 11.8 Å². The monoisotopic (exact) mass is 364 g/mol. The number of aromatic amines is 2. The van der Waals surface area contributed by atoms with Crippen LogP contribution in [0.3, 0.4) is 0 Å². The molecule has 4 heterocycles. The third-order valence-electron chi connectivity index (χ3n) is 4.58. The fraction of sp³-hybridized carbons (Fsp3) is 0.222. The molecule has 130 valence electrons. The highest BCUT2D eigenvalue weighted by molar-refractivity contribution is 7.99. The lowest BCUT2D eigenvalue weighted by Gasteiger charge is -2.26. The van der Waals surface area contributed by atoms with E-state index in [2.05, 4.69) is 25.1 Å². The molecule has 4 aromatic rings. The maximum absolute atomic E-state index is 12.8. The molecular weight excluding hydrogens is 348 g/mol. The van der Waals surface area contributed by atoms with Crippen LogP contribution in [0.5, 0.6) is 0 Å². The molecule has 3 aromatic heterocycles. The maximum atomic E-state index is 12.8. The van der Waals surface area contributed by atoms with E-state index in [1.54, 1.807) is 6.20 Å². The van der Waals surface area contributed by atoms with E-state index >= 15 is 0 Å². The summed E-state index contributed by atoms with van der Waals surface area (Å²) >= 11 is 1.88. The number of amides is 1. The van der Waals surface area contributed by atoms with E-state index in [0.29, 0.717) is 17.0 Å². The molecule has 1 saturated heterocycles. The number of aromatic nitrogens is 5. The number of rotatable bonds is 2. The lowest BCUT2D eigenvalue weighted by atomic mass is 10.1. The first kappa shape index (κ1) is 15.4. The first-order valence-corrected chi connectivity index (χ1v) is 9.61. The van der Waals surface area contributed by atoms with Crippen LogP contribution in [-0.2, 0) is 0 Å². The molecule has 1 fully saturated rings. The van der Waals surface area contributed by atoms with Gasteiger partial charge in [-0.25, -0.2) is 9.97 Å². The topological polar surface area (TPSA) is 90.6 Å². The van der Waals surface area contributed by atoms with Crippen LogP contribution in [-0.4, -0.2) is 60.6 Å². The molecule has 0 atom stereocenters. The number of thioether (sulfide) groups is 1. The van der Waals surface area contributed by atoms with Crippen LogP contribution in [0, 0.1) is 0 Å². The van der Waals surface area contributed by atoms with Gasteiger partial charge in [0, 0.05) is 30.8 Å². The van der Waals surface area contributed by atoms with Crippen molar-refractivity contribution in [1.82, 2.24) is 30.0 Å². The number of fused-ring (bicyclic) bond motifs is 2. The van der Waals surface area contributed by atoms with E-state index in [9.17, 15) is 4.79 Å².